The third kappa shape index (κ3) is 4.90. The first kappa shape index (κ1) is 22.4. The van der Waals surface area contributed by atoms with Crippen molar-refractivity contribution in [2.24, 2.45) is 0 Å². The highest BCUT2D eigenvalue weighted by Gasteiger charge is 2.23. The molecule has 1 aliphatic carbocycles. The fourth-order valence-corrected chi connectivity index (χ4v) is 4.73. The molecule has 2 aliphatic rings. The van der Waals surface area contributed by atoms with E-state index in [2.05, 4.69) is 32.5 Å². The molecule has 0 bridgehead atoms. The molecule has 178 valence electrons. The fourth-order valence-electron chi connectivity index (χ4n) is 4.73. The second-order valence-corrected chi connectivity index (χ2v) is 9.21. The lowest BCUT2D eigenvalue weighted by atomic mass is 9.89. The zero-order valence-corrected chi connectivity index (χ0v) is 19.5. The number of carbonyl (C=O) groups is 1. The minimum Gasteiger partial charge on any atom is -0.368 e. The van der Waals surface area contributed by atoms with E-state index in [4.69, 9.17) is 4.52 Å². The molecule has 0 atom stereocenters. The Morgan fingerprint density at radius 1 is 1.03 bits per heavy atom. The van der Waals surface area contributed by atoms with Crippen molar-refractivity contribution in [3.8, 4) is 11.4 Å². The van der Waals surface area contributed by atoms with Gasteiger partial charge in [0.15, 0.2) is 0 Å². The largest absolute Gasteiger partial charge is 0.368 e. The summed E-state index contributed by atoms with van der Waals surface area (Å²) in [6.07, 6.45) is 6.02. The van der Waals surface area contributed by atoms with Crippen molar-refractivity contribution < 1.29 is 13.7 Å². The summed E-state index contributed by atoms with van der Waals surface area (Å²) in [6, 6.07) is 12.7. The molecule has 2 amide bonds. The van der Waals surface area contributed by atoms with Crippen LogP contribution >= 0.6 is 0 Å². The molecular weight excluding hydrogens is 433 g/mol. The molecule has 1 aliphatic heterocycles. The van der Waals surface area contributed by atoms with Crippen LogP contribution in [0.25, 0.3) is 11.4 Å². The Labute approximate surface area is 198 Å². The minimum absolute atomic E-state index is 0.205. The standard InChI is InChI=1S/C26H30FN5O2/c1-18-7-10-21(17-23(18)27)28-26(33)32-15-13-31(14-16-32)22-11-8-19(9-12-22)24-29-25(34-30-24)20-5-3-2-4-6-20/h7-12,17,20H,2-6,13-16H2,1H3,(H,28,33). The maximum absolute atomic E-state index is 13.7. The Kier molecular flexibility index (Phi) is 6.47. The van der Waals surface area contributed by atoms with Crippen LogP contribution in [-0.2, 0) is 0 Å². The van der Waals surface area contributed by atoms with Crippen LogP contribution in [0.1, 0.15) is 49.5 Å². The van der Waals surface area contributed by atoms with E-state index in [0.717, 1.165) is 43.1 Å². The van der Waals surface area contributed by atoms with Crippen molar-refractivity contribution in [1.82, 2.24) is 15.0 Å². The van der Waals surface area contributed by atoms with E-state index in [1.165, 1.54) is 25.3 Å². The first-order chi connectivity index (χ1) is 16.6. The van der Waals surface area contributed by atoms with Gasteiger partial charge in [-0.1, -0.05) is 30.5 Å². The molecule has 1 saturated heterocycles. The number of hydrogen-bond donors (Lipinski definition) is 1. The number of halogens is 1. The average Bonchev–Trinajstić information content (AvgIpc) is 3.37. The van der Waals surface area contributed by atoms with Crippen molar-refractivity contribution in [2.45, 2.75) is 44.9 Å². The van der Waals surface area contributed by atoms with Gasteiger partial charge < -0.3 is 19.6 Å². The van der Waals surface area contributed by atoms with Crippen molar-refractivity contribution in [2.75, 3.05) is 36.4 Å². The number of hydrogen-bond acceptors (Lipinski definition) is 5. The Balaban J connectivity index is 1.16. The lowest BCUT2D eigenvalue weighted by Gasteiger charge is -2.36. The molecule has 8 heteroatoms. The summed E-state index contributed by atoms with van der Waals surface area (Å²) >= 11 is 0. The van der Waals surface area contributed by atoms with E-state index in [1.807, 2.05) is 12.1 Å². The number of carbonyl (C=O) groups excluding carboxylic acids is 1. The molecule has 7 nitrogen and oxygen atoms in total. The van der Waals surface area contributed by atoms with E-state index >= 15 is 0 Å². The van der Waals surface area contributed by atoms with Gasteiger partial charge in [0, 0.05) is 49.0 Å². The van der Waals surface area contributed by atoms with Crippen LogP contribution in [-0.4, -0.2) is 47.3 Å². The van der Waals surface area contributed by atoms with Crippen LogP contribution in [0, 0.1) is 12.7 Å². The SMILES string of the molecule is Cc1ccc(NC(=O)N2CCN(c3ccc(-c4noc(C5CCCCC5)n4)cc3)CC2)cc1F. The summed E-state index contributed by atoms with van der Waals surface area (Å²) in [7, 11) is 0. The van der Waals surface area contributed by atoms with Crippen LogP contribution in [0.4, 0.5) is 20.6 Å². The smallest absolute Gasteiger partial charge is 0.321 e. The van der Waals surface area contributed by atoms with Crippen LogP contribution in [0.15, 0.2) is 47.0 Å². The Morgan fingerprint density at radius 2 is 1.76 bits per heavy atom. The molecule has 0 radical (unpaired) electrons. The number of amides is 2. The molecule has 3 aromatic rings. The molecule has 2 heterocycles. The van der Waals surface area contributed by atoms with E-state index in [9.17, 15) is 9.18 Å². The van der Waals surface area contributed by atoms with Gasteiger partial charge >= 0.3 is 6.03 Å². The molecule has 5 rings (SSSR count). The zero-order chi connectivity index (χ0) is 23.5. The van der Waals surface area contributed by atoms with Gasteiger partial charge in [-0.3, -0.25) is 0 Å². The summed E-state index contributed by atoms with van der Waals surface area (Å²) in [4.78, 5) is 21.2. The fraction of sp³-hybridized carbons (Fsp3) is 0.423. The van der Waals surface area contributed by atoms with Gasteiger partial charge in [-0.25, -0.2) is 9.18 Å². The van der Waals surface area contributed by atoms with E-state index in [-0.39, 0.29) is 11.8 Å². The van der Waals surface area contributed by atoms with Gasteiger partial charge in [0.25, 0.3) is 0 Å². The highest BCUT2D eigenvalue weighted by molar-refractivity contribution is 5.89. The summed E-state index contributed by atoms with van der Waals surface area (Å²) in [5.41, 5.74) is 3.07. The summed E-state index contributed by atoms with van der Waals surface area (Å²) in [6.45, 7) is 4.34. The maximum Gasteiger partial charge on any atom is 0.321 e. The predicted molar refractivity (Wildman–Crippen MR) is 130 cm³/mol. The van der Waals surface area contributed by atoms with Crippen molar-refractivity contribution in [1.29, 1.82) is 0 Å². The lowest BCUT2D eigenvalue weighted by molar-refractivity contribution is 0.208. The lowest BCUT2D eigenvalue weighted by Crippen LogP contribution is -2.50. The van der Waals surface area contributed by atoms with E-state index < -0.39 is 0 Å². The number of rotatable bonds is 4. The predicted octanol–water partition coefficient (Wildman–Crippen LogP) is 5.59. The average molecular weight is 464 g/mol. The topological polar surface area (TPSA) is 74.5 Å². The normalized spacial score (nSPS) is 17.1. The Morgan fingerprint density at radius 3 is 2.47 bits per heavy atom. The number of urea groups is 1. The molecule has 1 N–H and O–H groups in total. The zero-order valence-electron chi connectivity index (χ0n) is 19.5. The van der Waals surface area contributed by atoms with Crippen molar-refractivity contribution in [3.05, 3.63) is 59.7 Å². The van der Waals surface area contributed by atoms with Crippen LogP contribution in [0.3, 0.4) is 0 Å². The number of benzene rings is 2. The summed E-state index contributed by atoms with van der Waals surface area (Å²) in [5, 5.41) is 6.99. The first-order valence-corrected chi connectivity index (χ1v) is 12.1. The van der Waals surface area contributed by atoms with Crippen LogP contribution in [0.5, 0.6) is 0 Å². The highest BCUT2D eigenvalue weighted by Crippen LogP contribution is 2.32. The number of aromatic nitrogens is 2. The number of nitrogens with zero attached hydrogens (tertiary/aromatic N) is 4. The number of piperazine rings is 1. The third-order valence-electron chi connectivity index (χ3n) is 6.88. The summed E-state index contributed by atoms with van der Waals surface area (Å²) < 4.78 is 19.3. The molecule has 0 unspecified atom stereocenters. The molecule has 0 spiro atoms. The van der Waals surface area contributed by atoms with Gasteiger partial charge in [-0.2, -0.15) is 4.98 Å². The van der Waals surface area contributed by atoms with Gasteiger partial charge in [0.1, 0.15) is 5.82 Å². The summed E-state index contributed by atoms with van der Waals surface area (Å²) in [5.74, 6) is 1.48. The Hall–Kier alpha value is -3.42. The van der Waals surface area contributed by atoms with Crippen LogP contribution in [0.2, 0.25) is 0 Å². The molecule has 1 saturated carbocycles. The third-order valence-corrected chi connectivity index (χ3v) is 6.88. The van der Waals surface area contributed by atoms with Crippen LogP contribution < -0.4 is 10.2 Å². The molecule has 2 aromatic carbocycles. The Bertz CT molecular complexity index is 1130. The van der Waals surface area contributed by atoms with E-state index in [0.29, 0.717) is 36.1 Å². The monoisotopic (exact) mass is 463 g/mol. The second kappa shape index (κ2) is 9.83. The second-order valence-electron chi connectivity index (χ2n) is 9.21. The quantitative estimate of drug-likeness (QED) is 0.546. The minimum atomic E-state index is -0.322. The first-order valence-electron chi connectivity index (χ1n) is 12.1. The van der Waals surface area contributed by atoms with Gasteiger partial charge in [0.2, 0.25) is 11.7 Å². The van der Waals surface area contributed by atoms with Crippen molar-refractivity contribution in [3.63, 3.8) is 0 Å². The number of aryl methyl sites for hydroxylation is 1. The van der Waals surface area contributed by atoms with Gasteiger partial charge in [-0.15, -0.1) is 0 Å². The van der Waals surface area contributed by atoms with E-state index in [1.54, 1.807) is 24.0 Å². The molecular formula is C26H30FN5O2. The van der Waals surface area contributed by atoms with Crippen molar-refractivity contribution >= 4 is 17.4 Å². The molecule has 2 fully saturated rings. The number of anilines is 2. The molecule has 1 aromatic heterocycles. The van der Waals surface area contributed by atoms with Gasteiger partial charge in [-0.05, 0) is 61.7 Å². The maximum atomic E-state index is 13.7. The number of nitrogens with one attached hydrogen (secondary N) is 1. The molecule has 34 heavy (non-hydrogen) atoms. The highest BCUT2D eigenvalue weighted by atomic mass is 19.1. The van der Waals surface area contributed by atoms with Gasteiger partial charge in [0.05, 0.1) is 0 Å².